The van der Waals surface area contributed by atoms with Crippen LogP contribution in [0.15, 0.2) is 36.7 Å². The van der Waals surface area contributed by atoms with Gasteiger partial charge < -0.3 is 15.0 Å². The van der Waals surface area contributed by atoms with Gasteiger partial charge in [-0.15, -0.1) is 5.10 Å². The molecule has 38 heavy (non-hydrogen) atoms. The number of aromatic nitrogens is 5. The van der Waals surface area contributed by atoms with E-state index in [2.05, 4.69) is 32.3 Å². The lowest BCUT2D eigenvalue weighted by Crippen LogP contribution is -2.36. The standard InChI is InChI=1S/C22H20F2N6O2.C5H11N/c1-11-16(23)4-5-18(26-11)13-8-14(13)22(31)27-20-7-12-6-15(17(24)10-30(12)28-20)21-19(32-3)9-25-29(21)2;1-2-6-4-3-5-6/h4-7,9-10,13-14H,8H2,1-3H3,(H,27,28,31);2-5H2,1H3. The Morgan fingerprint density at radius 3 is 2.63 bits per heavy atom. The Morgan fingerprint density at radius 2 is 2.00 bits per heavy atom. The number of nitrogens with one attached hydrogen (secondary N) is 1. The quantitative estimate of drug-likeness (QED) is 0.408. The van der Waals surface area contributed by atoms with Gasteiger partial charge in [0, 0.05) is 36.2 Å². The van der Waals surface area contributed by atoms with E-state index in [1.165, 1.54) is 60.8 Å². The van der Waals surface area contributed by atoms with E-state index in [9.17, 15) is 13.6 Å². The first-order chi connectivity index (χ1) is 18.3. The predicted molar refractivity (Wildman–Crippen MR) is 139 cm³/mol. The maximum atomic E-state index is 14.8. The van der Waals surface area contributed by atoms with Gasteiger partial charge in [0.05, 0.1) is 30.7 Å². The van der Waals surface area contributed by atoms with Crippen LogP contribution in [-0.2, 0) is 11.8 Å². The number of hydrogen-bond acceptors (Lipinski definition) is 6. The second-order valence-electron chi connectivity index (χ2n) is 9.65. The number of carbonyl (C=O) groups is 1. The van der Waals surface area contributed by atoms with Crippen LogP contribution in [0.25, 0.3) is 16.8 Å². The Labute approximate surface area is 219 Å². The number of ether oxygens (including phenoxy) is 1. The minimum absolute atomic E-state index is 0.0484. The van der Waals surface area contributed by atoms with Gasteiger partial charge in [-0.2, -0.15) is 5.10 Å². The van der Waals surface area contributed by atoms with E-state index in [0.29, 0.717) is 46.2 Å². The average molecular weight is 524 g/mol. The van der Waals surface area contributed by atoms with E-state index in [-0.39, 0.29) is 23.6 Å². The monoisotopic (exact) mass is 523 g/mol. The minimum atomic E-state index is -0.500. The lowest BCUT2D eigenvalue weighted by molar-refractivity contribution is -0.117. The summed E-state index contributed by atoms with van der Waals surface area (Å²) in [6.07, 6.45) is 4.83. The molecule has 2 aliphatic rings. The van der Waals surface area contributed by atoms with Crippen molar-refractivity contribution in [2.24, 2.45) is 13.0 Å². The van der Waals surface area contributed by atoms with Gasteiger partial charge in [0.2, 0.25) is 5.91 Å². The van der Waals surface area contributed by atoms with E-state index in [0.717, 1.165) is 0 Å². The summed E-state index contributed by atoms with van der Waals surface area (Å²) < 4.78 is 36.4. The van der Waals surface area contributed by atoms with Gasteiger partial charge in [-0.1, -0.05) is 6.92 Å². The summed E-state index contributed by atoms with van der Waals surface area (Å²) in [6.45, 7) is 7.74. The van der Waals surface area contributed by atoms with Crippen molar-refractivity contribution in [1.29, 1.82) is 0 Å². The molecule has 1 N–H and O–H groups in total. The smallest absolute Gasteiger partial charge is 0.229 e. The Hall–Kier alpha value is -3.86. The summed E-state index contributed by atoms with van der Waals surface area (Å²) in [4.78, 5) is 19.3. The number of amides is 1. The van der Waals surface area contributed by atoms with Crippen molar-refractivity contribution in [3.05, 3.63) is 59.7 Å². The second kappa shape index (κ2) is 10.5. The summed E-state index contributed by atoms with van der Waals surface area (Å²) >= 11 is 0. The van der Waals surface area contributed by atoms with Gasteiger partial charge >= 0.3 is 0 Å². The molecule has 6 rings (SSSR count). The van der Waals surface area contributed by atoms with Crippen molar-refractivity contribution in [2.75, 3.05) is 32.1 Å². The van der Waals surface area contributed by atoms with Crippen LogP contribution in [0.3, 0.4) is 0 Å². The number of methoxy groups -OCH3 is 1. The highest BCUT2D eigenvalue weighted by atomic mass is 19.1. The summed E-state index contributed by atoms with van der Waals surface area (Å²) in [5.74, 6) is -0.603. The molecular weight excluding hydrogens is 492 g/mol. The third kappa shape index (κ3) is 5.10. The Balaban J connectivity index is 0.000000433. The minimum Gasteiger partial charge on any atom is -0.493 e. The largest absolute Gasteiger partial charge is 0.493 e. The number of aryl methyl sites for hydroxylation is 2. The van der Waals surface area contributed by atoms with Crippen LogP contribution in [0.1, 0.15) is 37.1 Å². The molecule has 0 radical (unpaired) electrons. The first-order valence-electron chi connectivity index (χ1n) is 12.7. The lowest BCUT2D eigenvalue weighted by atomic mass is 10.1. The number of hydrogen-bond donors (Lipinski definition) is 1. The SMILES string of the molecule is CCN1CCC1.COc1cnn(C)c1-c1cc2cc(NC(=O)C3CC3c3ccc(F)c(C)n3)nn2cc1F. The zero-order valence-corrected chi connectivity index (χ0v) is 21.9. The number of rotatable bonds is 6. The highest BCUT2D eigenvalue weighted by Crippen LogP contribution is 2.47. The van der Waals surface area contributed by atoms with Crippen LogP contribution in [0, 0.1) is 24.5 Å². The second-order valence-corrected chi connectivity index (χ2v) is 9.65. The zero-order chi connectivity index (χ0) is 27.0. The van der Waals surface area contributed by atoms with Gasteiger partial charge in [0.1, 0.15) is 11.5 Å². The molecule has 4 aromatic rings. The topological polar surface area (TPSA) is 89.6 Å². The van der Waals surface area contributed by atoms with Gasteiger partial charge in [0.25, 0.3) is 0 Å². The highest BCUT2D eigenvalue weighted by molar-refractivity contribution is 5.95. The molecule has 4 aromatic heterocycles. The zero-order valence-electron chi connectivity index (χ0n) is 21.9. The molecule has 1 aliphatic carbocycles. The van der Waals surface area contributed by atoms with Crippen molar-refractivity contribution in [3.63, 3.8) is 0 Å². The van der Waals surface area contributed by atoms with Crippen molar-refractivity contribution in [2.45, 2.75) is 32.6 Å². The Morgan fingerprint density at radius 1 is 1.21 bits per heavy atom. The summed E-state index contributed by atoms with van der Waals surface area (Å²) in [6, 6.07) is 6.28. The van der Waals surface area contributed by atoms with Gasteiger partial charge in [-0.3, -0.25) is 14.5 Å². The van der Waals surface area contributed by atoms with Crippen molar-refractivity contribution in [1.82, 2.24) is 29.3 Å². The van der Waals surface area contributed by atoms with Gasteiger partial charge in [-0.25, -0.2) is 13.3 Å². The van der Waals surface area contributed by atoms with Crippen LogP contribution in [0.4, 0.5) is 14.6 Å². The van der Waals surface area contributed by atoms with Crippen LogP contribution in [0.2, 0.25) is 0 Å². The maximum absolute atomic E-state index is 14.8. The first kappa shape index (κ1) is 25.8. The van der Waals surface area contributed by atoms with Crippen molar-refractivity contribution >= 4 is 17.2 Å². The predicted octanol–water partition coefficient (Wildman–Crippen LogP) is 4.18. The molecule has 0 spiro atoms. The third-order valence-electron chi connectivity index (χ3n) is 7.13. The fourth-order valence-electron chi connectivity index (χ4n) is 4.63. The highest BCUT2D eigenvalue weighted by Gasteiger charge is 2.45. The molecule has 1 amide bonds. The summed E-state index contributed by atoms with van der Waals surface area (Å²) in [5, 5.41) is 11.2. The number of nitrogens with zero attached hydrogens (tertiary/aromatic N) is 6. The molecule has 1 aliphatic heterocycles. The van der Waals surface area contributed by atoms with E-state index in [1.807, 2.05) is 0 Å². The molecule has 9 nitrogen and oxygen atoms in total. The van der Waals surface area contributed by atoms with E-state index in [1.54, 1.807) is 32.2 Å². The van der Waals surface area contributed by atoms with Crippen LogP contribution in [-0.4, -0.2) is 61.9 Å². The molecule has 1 saturated heterocycles. The number of carbonyl (C=O) groups excluding carboxylic acids is 1. The molecule has 2 atom stereocenters. The van der Waals surface area contributed by atoms with E-state index >= 15 is 0 Å². The summed E-state index contributed by atoms with van der Waals surface area (Å²) in [7, 11) is 3.20. The average Bonchev–Trinajstić information content (AvgIpc) is 3.45. The molecule has 5 heterocycles. The molecule has 1 saturated carbocycles. The van der Waals surface area contributed by atoms with Crippen LogP contribution < -0.4 is 10.1 Å². The molecule has 0 bridgehead atoms. The van der Waals surface area contributed by atoms with Gasteiger partial charge in [0.15, 0.2) is 17.4 Å². The molecule has 200 valence electrons. The number of anilines is 1. The van der Waals surface area contributed by atoms with Crippen molar-refractivity contribution < 1.29 is 18.3 Å². The number of pyridine rings is 2. The van der Waals surface area contributed by atoms with Gasteiger partial charge in [-0.05, 0) is 57.6 Å². The first-order valence-corrected chi connectivity index (χ1v) is 12.7. The number of likely N-dealkylation sites (tertiary alicyclic amines) is 1. The molecule has 2 fully saturated rings. The Bertz CT molecular complexity index is 1480. The molecule has 2 unspecified atom stereocenters. The van der Waals surface area contributed by atoms with Crippen LogP contribution in [0.5, 0.6) is 5.75 Å². The van der Waals surface area contributed by atoms with Crippen LogP contribution >= 0.6 is 0 Å². The van der Waals surface area contributed by atoms with Crippen molar-refractivity contribution in [3.8, 4) is 17.0 Å². The molecule has 11 heteroatoms. The molecule has 0 aromatic carbocycles. The fourth-order valence-corrected chi connectivity index (χ4v) is 4.63. The van der Waals surface area contributed by atoms with E-state index < -0.39 is 5.82 Å². The number of fused-ring (bicyclic) bond motifs is 1. The maximum Gasteiger partial charge on any atom is 0.229 e. The van der Waals surface area contributed by atoms with E-state index in [4.69, 9.17) is 4.74 Å². The molecular formula is C27H31F2N7O2. The number of halogens is 2. The Kier molecular flexibility index (Phi) is 7.11. The normalized spacial score (nSPS) is 18.5. The fraction of sp³-hybridized carbons (Fsp3) is 0.407. The third-order valence-corrected chi connectivity index (χ3v) is 7.13. The lowest BCUT2D eigenvalue weighted by Gasteiger charge is -2.28. The summed E-state index contributed by atoms with van der Waals surface area (Å²) in [5.41, 5.74) is 2.44.